The third-order valence-electron chi connectivity index (χ3n) is 4.15. The summed E-state index contributed by atoms with van der Waals surface area (Å²) in [7, 11) is 0. The molecule has 2 rings (SSSR count). The predicted octanol–water partition coefficient (Wildman–Crippen LogP) is 4.20. The molecule has 0 radical (unpaired) electrons. The van der Waals surface area contributed by atoms with Gasteiger partial charge in [0.1, 0.15) is 0 Å². The van der Waals surface area contributed by atoms with E-state index in [0.717, 1.165) is 35.8 Å². The number of nitrogens with zero attached hydrogens (tertiary/aromatic N) is 1. The van der Waals surface area contributed by atoms with Gasteiger partial charge in [-0.05, 0) is 69.6 Å². The Labute approximate surface area is 149 Å². The van der Waals surface area contributed by atoms with Crippen LogP contribution in [-0.4, -0.2) is 42.2 Å². The molecule has 0 aromatic heterocycles. The van der Waals surface area contributed by atoms with Gasteiger partial charge in [0.2, 0.25) is 5.91 Å². The van der Waals surface area contributed by atoms with E-state index in [0.29, 0.717) is 0 Å². The normalized spacial score (nSPS) is 17.0. The second-order valence-electron chi connectivity index (χ2n) is 6.02. The number of amides is 1. The fraction of sp³-hybridized carbons (Fsp3) is 0.611. The number of nitrogens with one attached hydrogen (secondary N) is 1. The monoisotopic (exact) mass is 354 g/mol. The zero-order valence-electron chi connectivity index (χ0n) is 13.9. The number of thioether (sulfide) groups is 1. The standard InChI is InChI=1S/C18H27ClN2OS/c1-2-17(23-16-9-7-15(19)8-10-16)18(22)20-11-6-14-21-12-4-3-5-13-21/h7-10,17H,2-6,11-14H2,1H3,(H,20,22). The lowest BCUT2D eigenvalue weighted by Crippen LogP contribution is -2.36. The first-order valence-corrected chi connectivity index (χ1v) is 9.87. The van der Waals surface area contributed by atoms with Crippen molar-refractivity contribution in [3.8, 4) is 0 Å². The molecule has 1 aliphatic rings. The van der Waals surface area contributed by atoms with E-state index in [-0.39, 0.29) is 11.2 Å². The molecule has 1 heterocycles. The van der Waals surface area contributed by atoms with E-state index in [1.807, 2.05) is 24.3 Å². The highest BCUT2D eigenvalue weighted by atomic mass is 35.5. The highest BCUT2D eigenvalue weighted by Crippen LogP contribution is 2.26. The molecule has 1 fully saturated rings. The van der Waals surface area contributed by atoms with Crippen LogP contribution in [0.1, 0.15) is 39.0 Å². The molecule has 1 aromatic carbocycles. The molecule has 0 aliphatic carbocycles. The molecule has 1 amide bonds. The van der Waals surface area contributed by atoms with Crippen molar-refractivity contribution < 1.29 is 4.79 Å². The van der Waals surface area contributed by atoms with E-state index in [9.17, 15) is 4.79 Å². The first-order chi connectivity index (χ1) is 11.2. The minimum Gasteiger partial charge on any atom is -0.355 e. The molecule has 5 heteroatoms. The van der Waals surface area contributed by atoms with Crippen LogP contribution in [0.3, 0.4) is 0 Å². The summed E-state index contributed by atoms with van der Waals surface area (Å²) in [6.07, 6.45) is 5.87. The number of carbonyl (C=O) groups is 1. The van der Waals surface area contributed by atoms with Gasteiger partial charge in [-0.3, -0.25) is 4.79 Å². The molecular formula is C18H27ClN2OS. The maximum Gasteiger partial charge on any atom is 0.233 e. The molecule has 128 valence electrons. The minimum absolute atomic E-state index is 0.0360. The summed E-state index contributed by atoms with van der Waals surface area (Å²) >= 11 is 7.51. The van der Waals surface area contributed by atoms with Crippen molar-refractivity contribution in [1.82, 2.24) is 10.2 Å². The van der Waals surface area contributed by atoms with E-state index in [1.54, 1.807) is 11.8 Å². The van der Waals surface area contributed by atoms with Crippen LogP contribution in [0.25, 0.3) is 0 Å². The van der Waals surface area contributed by atoms with Crippen molar-refractivity contribution in [2.24, 2.45) is 0 Å². The van der Waals surface area contributed by atoms with Gasteiger partial charge in [0.25, 0.3) is 0 Å². The summed E-state index contributed by atoms with van der Waals surface area (Å²) in [5.74, 6) is 0.145. The average molecular weight is 355 g/mol. The zero-order chi connectivity index (χ0) is 16.5. The second-order valence-corrected chi connectivity index (χ2v) is 7.73. The highest BCUT2D eigenvalue weighted by molar-refractivity contribution is 8.00. The maximum atomic E-state index is 12.3. The third-order valence-corrected chi connectivity index (χ3v) is 5.78. The molecule has 1 aliphatic heterocycles. The summed E-state index contributed by atoms with van der Waals surface area (Å²) in [6.45, 7) is 6.37. The lowest BCUT2D eigenvalue weighted by Gasteiger charge is -2.26. The van der Waals surface area contributed by atoms with Crippen LogP contribution in [0, 0.1) is 0 Å². The first-order valence-electron chi connectivity index (χ1n) is 8.61. The Morgan fingerprint density at radius 1 is 1.26 bits per heavy atom. The molecule has 23 heavy (non-hydrogen) atoms. The Bertz CT molecular complexity index is 474. The lowest BCUT2D eigenvalue weighted by molar-refractivity contribution is -0.120. The highest BCUT2D eigenvalue weighted by Gasteiger charge is 2.17. The van der Waals surface area contributed by atoms with E-state index in [2.05, 4.69) is 17.1 Å². The van der Waals surface area contributed by atoms with Crippen LogP contribution in [-0.2, 0) is 4.79 Å². The molecule has 0 spiro atoms. The number of rotatable bonds is 8. The molecule has 0 saturated carbocycles. The van der Waals surface area contributed by atoms with Crippen molar-refractivity contribution in [3.05, 3.63) is 29.3 Å². The van der Waals surface area contributed by atoms with Crippen molar-refractivity contribution in [2.45, 2.75) is 49.2 Å². The molecule has 1 atom stereocenters. The summed E-state index contributed by atoms with van der Waals surface area (Å²) in [5.41, 5.74) is 0. The lowest BCUT2D eigenvalue weighted by atomic mass is 10.1. The van der Waals surface area contributed by atoms with Gasteiger partial charge in [0, 0.05) is 16.5 Å². The summed E-state index contributed by atoms with van der Waals surface area (Å²) in [6, 6.07) is 7.68. The van der Waals surface area contributed by atoms with Crippen molar-refractivity contribution in [2.75, 3.05) is 26.2 Å². The topological polar surface area (TPSA) is 32.3 Å². The largest absolute Gasteiger partial charge is 0.355 e. The van der Waals surface area contributed by atoms with Crippen LogP contribution >= 0.6 is 23.4 Å². The molecule has 1 saturated heterocycles. The van der Waals surface area contributed by atoms with Gasteiger partial charge in [0.05, 0.1) is 5.25 Å². The number of hydrogen-bond donors (Lipinski definition) is 1. The Morgan fingerprint density at radius 2 is 1.96 bits per heavy atom. The molecule has 0 bridgehead atoms. The van der Waals surface area contributed by atoms with Gasteiger partial charge >= 0.3 is 0 Å². The number of piperidine rings is 1. The maximum absolute atomic E-state index is 12.3. The smallest absolute Gasteiger partial charge is 0.233 e. The van der Waals surface area contributed by atoms with Gasteiger partial charge in [-0.15, -0.1) is 11.8 Å². The van der Waals surface area contributed by atoms with E-state index >= 15 is 0 Å². The van der Waals surface area contributed by atoms with Crippen LogP contribution in [0.4, 0.5) is 0 Å². The van der Waals surface area contributed by atoms with Gasteiger partial charge in [-0.2, -0.15) is 0 Å². The predicted molar refractivity (Wildman–Crippen MR) is 99.3 cm³/mol. The SMILES string of the molecule is CCC(Sc1ccc(Cl)cc1)C(=O)NCCCN1CCCCC1. The first kappa shape index (κ1) is 18.6. The number of benzene rings is 1. The number of halogens is 1. The van der Waals surface area contributed by atoms with Gasteiger partial charge in [-0.1, -0.05) is 24.9 Å². The van der Waals surface area contributed by atoms with Crippen LogP contribution in [0.15, 0.2) is 29.2 Å². The number of carbonyl (C=O) groups excluding carboxylic acids is 1. The second kappa shape index (κ2) is 10.2. The minimum atomic E-state index is -0.0360. The van der Waals surface area contributed by atoms with Crippen LogP contribution in [0.2, 0.25) is 5.02 Å². The Kier molecular flexibility index (Phi) is 8.27. The van der Waals surface area contributed by atoms with Gasteiger partial charge < -0.3 is 10.2 Å². The van der Waals surface area contributed by atoms with Crippen molar-refractivity contribution in [3.63, 3.8) is 0 Å². The average Bonchev–Trinajstić information content (AvgIpc) is 2.59. The van der Waals surface area contributed by atoms with Crippen LogP contribution in [0.5, 0.6) is 0 Å². The summed E-state index contributed by atoms with van der Waals surface area (Å²) in [4.78, 5) is 15.9. The van der Waals surface area contributed by atoms with E-state index < -0.39 is 0 Å². The van der Waals surface area contributed by atoms with Crippen molar-refractivity contribution >= 4 is 29.3 Å². The van der Waals surface area contributed by atoms with Gasteiger partial charge in [0.15, 0.2) is 0 Å². The molecular weight excluding hydrogens is 328 g/mol. The summed E-state index contributed by atoms with van der Waals surface area (Å²) in [5, 5.41) is 3.78. The molecule has 3 nitrogen and oxygen atoms in total. The number of hydrogen-bond acceptors (Lipinski definition) is 3. The fourth-order valence-corrected chi connectivity index (χ4v) is 3.92. The third kappa shape index (κ3) is 6.74. The zero-order valence-corrected chi connectivity index (χ0v) is 15.5. The van der Waals surface area contributed by atoms with Crippen LogP contribution < -0.4 is 5.32 Å². The molecule has 1 aromatic rings. The fourth-order valence-electron chi connectivity index (χ4n) is 2.81. The number of likely N-dealkylation sites (tertiary alicyclic amines) is 1. The Hall–Kier alpha value is -0.710. The summed E-state index contributed by atoms with van der Waals surface area (Å²) < 4.78 is 0. The molecule has 1 N–H and O–H groups in total. The van der Waals surface area contributed by atoms with Gasteiger partial charge in [-0.25, -0.2) is 0 Å². The molecule has 1 unspecified atom stereocenters. The Balaban J connectivity index is 1.68. The quantitative estimate of drug-likeness (QED) is 0.560. The van der Waals surface area contributed by atoms with E-state index in [4.69, 9.17) is 11.6 Å². The Morgan fingerprint density at radius 3 is 2.61 bits per heavy atom. The van der Waals surface area contributed by atoms with Crippen molar-refractivity contribution in [1.29, 1.82) is 0 Å². The van der Waals surface area contributed by atoms with E-state index in [1.165, 1.54) is 32.4 Å².